The highest BCUT2D eigenvalue weighted by molar-refractivity contribution is 5.25. The summed E-state index contributed by atoms with van der Waals surface area (Å²) >= 11 is 0. The van der Waals surface area contributed by atoms with Crippen LogP contribution in [0.5, 0.6) is 0 Å². The molecule has 0 aliphatic heterocycles. The molecule has 0 saturated carbocycles. The molecule has 1 rings (SSSR count). The van der Waals surface area contributed by atoms with E-state index in [9.17, 15) is 10.2 Å². The van der Waals surface area contributed by atoms with Crippen LogP contribution in [0.1, 0.15) is 47.0 Å². The molecule has 0 aromatic heterocycles. The first-order valence-electron chi connectivity index (χ1n) is 6.66. The molecule has 0 spiro atoms. The monoisotopic (exact) mass is 238 g/mol. The molecule has 0 fully saturated rings. The topological polar surface area (TPSA) is 40.5 Å². The third kappa shape index (κ3) is 3.88. The Morgan fingerprint density at radius 3 is 2.41 bits per heavy atom. The zero-order valence-corrected chi connectivity index (χ0v) is 11.5. The van der Waals surface area contributed by atoms with Gasteiger partial charge in [-0.1, -0.05) is 46.3 Å². The van der Waals surface area contributed by atoms with Crippen molar-refractivity contribution < 1.29 is 10.2 Å². The minimum Gasteiger partial charge on any atom is -0.512 e. The molecule has 2 nitrogen and oxygen atoms in total. The molecule has 0 amide bonds. The van der Waals surface area contributed by atoms with Gasteiger partial charge in [-0.15, -0.1) is 0 Å². The maximum atomic E-state index is 10.7. The van der Waals surface area contributed by atoms with E-state index in [1.165, 1.54) is 0 Å². The van der Waals surface area contributed by atoms with Crippen molar-refractivity contribution in [3.05, 3.63) is 24.0 Å². The van der Waals surface area contributed by atoms with Crippen LogP contribution in [0.25, 0.3) is 0 Å². The summed E-state index contributed by atoms with van der Waals surface area (Å²) in [6.45, 7) is 8.53. The maximum absolute atomic E-state index is 10.7. The fraction of sp³-hybridized carbons (Fsp3) is 0.733. The maximum Gasteiger partial charge on any atom is 0.0985 e. The first-order chi connectivity index (χ1) is 7.85. The van der Waals surface area contributed by atoms with Crippen molar-refractivity contribution in [1.82, 2.24) is 0 Å². The molecule has 1 aliphatic carbocycles. The molecular formula is C15H26O2. The van der Waals surface area contributed by atoms with Gasteiger partial charge in [0, 0.05) is 5.92 Å². The quantitative estimate of drug-likeness (QED) is 0.764. The minimum absolute atomic E-state index is 0.141. The first-order valence-corrected chi connectivity index (χ1v) is 6.66. The molecule has 1 aliphatic rings. The van der Waals surface area contributed by atoms with Crippen LogP contribution in [0.3, 0.4) is 0 Å². The Morgan fingerprint density at radius 1 is 1.24 bits per heavy atom. The number of aliphatic hydroxyl groups excluding tert-OH is 1. The third-order valence-corrected chi connectivity index (χ3v) is 3.38. The molecule has 0 radical (unpaired) electrons. The summed E-state index contributed by atoms with van der Waals surface area (Å²) < 4.78 is 0. The Balaban J connectivity index is 2.79. The van der Waals surface area contributed by atoms with Crippen molar-refractivity contribution in [3.8, 4) is 0 Å². The van der Waals surface area contributed by atoms with E-state index in [1.54, 1.807) is 12.2 Å². The Labute approximate surface area is 105 Å². The second-order valence-electron chi connectivity index (χ2n) is 6.06. The summed E-state index contributed by atoms with van der Waals surface area (Å²) in [7, 11) is 0. The highest BCUT2D eigenvalue weighted by Gasteiger charge is 2.38. The lowest BCUT2D eigenvalue weighted by molar-refractivity contribution is 0.000778. The van der Waals surface area contributed by atoms with Crippen LogP contribution < -0.4 is 0 Å². The highest BCUT2D eigenvalue weighted by atomic mass is 16.3. The van der Waals surface area contributed by atoms with Gasteiger partial charge in [0.1, 0.15) is 0 Å². The van der Waals surface area contributed by atoms with Crippen LogP contribution in [0.15, 0.2) is 24.0 Å². The van der Waals surface area contributed by atoms with Gasteiger partial charge in [0.05, 0.1) is 11.4 Å². The molecule has 0 aromatic rings. The number of rotatable bonds is 5. The van der Waals surface area contributed by atoms with E-state index in [1.807, 2.05) is 6.08 Å². The van der Waals surface area contributed by atoms with E-state index in [4.69, 9.17) is 0 Å². The summed E-state index contributed by atoms with van der Waals surface area (Å²) in [4.78, 5) is 0. The number of aliphatic hydroxyl groups is 2. The molecule has 98 valence electrons. The Kier molecular flexibility index (Phi) is 4.81. The van der Waals surface area contributed by atoms with Crippen molar-refractivity contribution >= 4 is 0 Å². The van der Waals surface area contributed by atoms with E-state index >= 15 is 0 Å². The molecule has 2 heteroatoms. The van der Waals surface area contributed by atoms with Crippen molar-refractivity contribution in [1.29, 1.82) is 0 Å². The number of allylic oxidation sites excluding steroid dienone is 2. The van der Waals surface area contributed by atoms with Crippen LogP contribution in [0.2, 0.25) is 0 Å². The van der Waals surface area contributed by atoms with Crippen LogP contribution >= 0.6 is 0 Å². The average molecular weight is 238 g/mol. The molecule has 0 bridgehead atoms. The van der Waals surface area contributed by atoms with Crippen LogP contribution in [-0.4, -0.2) is 15.8 Å². The van der Waals surface area contributed by atoms with E-state index < -0.39 is 5.60 Å². The van der Waals surface area contributed by atoms with E-state index in [0.717, 1.165) is 12.8 Å². The zero-order chi connectivity index (χ0) is 13.1. The molecule has 17 heavy (non-hydrogen) atoms. The second-order valence-corrected chi connectivity index (χ2v) is 6.06. The van der Waals surface area contributed by atoms with Gasteiger partial charge < -0.3 is 10.2 Å². The summed E-state index contributed by atoms with van der Waals surface area (Å²) in [5.41, 5.74) is -0.873. The van der Waals surface area contributed by atoms with Gasteiger partial charge in [0.15, 0.2) is 0 Å². The SMILES string of the molecule is CC(C)CCC1C(O)=CC=CC1(O)CC(C)C. The predicted octanol–water partition coefficient (Wildman–Crippen LogP) is 3.83. The Morgan fingerprint density at radius 2 is 1.88 bits per heavy atom. The number of hydrogen-bond acceptors (Lipinski definition) is 2. The molecule has 0 aromatic carbocycles. The third-order valence-electron chi connectivity index (χ3n) is 3.38. The molecule has 2 atom stereocenters. The Hall–Kier alpha value is -0.760. The van der Waals surface area contributed by atoms with Crippen molar-refractivity contribution in [2.24, 2.45) is 17.8 Å². The van der Waals surface area contributed by atoms with Gasteiger partial charge in [-0.25, -0.2) is 0 Å². The minimum atomic E-state index is -0.873. The highest BCUT2D eigenvalue weighted by Crippen LogP contribution is 2.37. The average Bonchev–Trinajstić information content (AvgIpc) is 2.14. The Bertz CT molecular complexity index is 302. The second kappa shape index (κ2) is 5.72. The zero-order valence-electron chi connectivity index (χ0n) is 11.5. The lowest BCUT2D eigenvalue weighted by Crippen LogP contribution is -2.40. The van der Waals surface area contributed by atoms with E-state index in [2.05, 4.69) is 27.7 Å². The molecule has 2 unspecified atom stereocenters. The lowest BCUT2D eigenvalue weighted by atomic mass is 9.74. The van der Waals surface area contributed by atoms with Gasteiger partial charge in [-0.3, -0.25) is 0 Å². The van der Waals surface area contributed by atoms with Gasteiger partial charge in [-0.05, 0) is 30.8 Å². The standard InChI is InChI=1S/C15H26O2/c1-11(2)7-8-13-14(16)6-5-9-15(13,17)10-12(3)4/h5-6,9,11-13,16-17H,7-8,10H2,1-4H3. The molecule has 0 saturated heterocycles. The van der Waals surface area contributed by atoms with E-state index in [-0.39, 0.29) is 5.92 Å². The van der Waals surface area contributed by atoms with Gasteiger partial charge >= 0.3 is 0 Å². The summed E-state index contributed by atoms with van der Waals surface area (Å²) in [6.07, 6.45) is 7.88. The molecule has 2 N–H and O–H groups in total. The van der Waals surface area contributed by atoms with Crippen molar-refractivity contribution in [2.75, 3.05) is 0 Å². The largest absolute Gasteiger partial charge is 0.512 e. The molecule has 0 heterocycles. The van der Waals surface area contributed by atoms with Gasteiger partial charge in [-0.2, -0.15) is 0 Å². The van der Waals surface area contributed by atoms with Crippen molar-refractivity contribution in [3.63, 3.8) is 0 Å². The van der Waals surface area contributed by atoms with Crippen LogP contribution in [0.4, 0.5) is 0 Å². The predicted molar refractivity (Wildman–Crippen MR) is 71.8 cm³/mol. The van der Waals surface area contributed by atoms with E-state index in [0.29, 0.717) is 24.0 Å². The van der Waals surface area contributed by atoms with Gasteiger partial charge in [0.25, 0.3) is 0 Å². The normalized spacial score (nSPS) is 28.9. The van der Waals surface area contributed by atoms with Crippen LogP contribution in [-0.2, 0) is 0 Å². The van der Waals surface area contributed by atoms with Gasteiger partial charge in [0.2, 0.25) is 0 Å². The summed E-state index contributed by atoms with van der Waals surface area (Å²) in [6, 6.07) is 0. The lowest BCUT2D eigenvalue weighted by Gasteiger charge is -2.37. The number of hydrogen-bond donors (Lipinski definition) is 2. The molecular weight excluding hydrogens is 212 g/mol. The van der Waals surface area contributed by atoms with Crippen molar-refractivity contribution in [2.45, 2.75) is 52.6 Å². The fourth-order valence-electron chi connectivity index (χ4n) is 2.56. The fourth-order valence-corrected chi connectivity index (χ4v) is 2.56. The summed E-state index contributed by atoms with van der Waals surface area (Å²) in [5.74, 6) is 1.20. The first kappa shape index (κ1) is 14.3. The van der Waals surface area contributed by atoms with Crippen LogP contribution in [0, 0.1) is 17.8 Å². The summed E-state index contributed by atoms with van der Waals surface area (Å²) in [5, 5.41) is 20.7. The smallest absolute Gasteiger partial charge is 0.0985 e.